The van der Waals surface area contributed by atoms with Crippen LogP contribution in [0.25, 0.3) is 0 Å². The zero-order valence-electron chi connectivity index (χ0n) is 7.63. The van der Waals surface area contributed by atoms with E-state index in [1.54, 1.807) is 14.2 Å². The third kappa shape index (κ3) is 5.15. The molecular formula is C7H19N3O. The lowest BCUT2D eigenvalue weighted by Crippen LogP contribution is -2.36. The zero-order valence-corrected chi connectivity index (χ0v) is 7.63. The molecule has 1 rings (SSSR count). The Morgan fingerprint density at radius 1 is 1.55 bits per heavy atom. The number of hydrogen-bond acceptors (Lipinski definition) is 4. The fourth-order valence-corrected chi connectivity index (χ4v) is 1.07. The molecule has 4 nitrogen and oxygen atoms in total. The van der Waals surface area contributed by atoms with E-state index in [4.69, 9.17) is 5.84 Å². The number of hydrogen-bond donors (Lipinski definition) is 2. The predicted molar refractivity (Wildman–Crippen MR) is 46.2 cm³/mol. The normalized spacial score (nSPS) is 24.5. The third-order valence-electron chi connectivity index (χ3n) is 1.63. The van der Waals surface area contributed by atoms with Crippen molar-refractivity contribution < 1.29 is 4.74 Å². The van der Waals surface area contributed by atoms with E-state index in [0.29, 0.717) is 6.04 Å². The van der Waals surface area contributed by atoms with Crippen LogP contribution in [0.15, 0.2) is 0 Å². The molecule has 1 saturated heterocycles. The van der Waals surface area contributed by atoms with Gasteiger partial charge in [0, 0.05) is 26.8 Å². The SMILES string of the molecule is CN1CC[C@@H](NN)C1.COC. The number of methoxy groups -OCH3 is 1. The Labute approximate surface area is 68.7 Å². The molecule has 1 atom stereocenters. The Hall–Kier alpha value is -0.160. The Morgan fingerprint density at radius 3 is 2.27 bits per heavy atom. The van der Waals surface area contributed by atoms with Crippen molar-refractivity contribution in [2.24, 2.45) is 5.84 Å². The molecule has 1 heterocycles. The van der Waals surface area contributed by atoms with Gasteiger partial charge in [-0.25, -0.2) is 0 Å². The molecule has 11 heavy (non-hydrogen) atoms. The Bertz CT molecular complexity index is 89.8. The summed E-state index contributed by atoms with van der Waals surface area (Å²) in [5.41, 5.74) is 2.75. The summed E-state index contributed by atoms with van der Waals surface area (Å²) in [6.45, 7) is 2.27. The van der Waals surface area contributed by atoms with Crippen LogP contribution in [0.4, 0.5) is 0 Å². The molecule has 0 saturated carbocycles. The quantitative estimate of drug-likeness (QED) is 0.399. The molecule has 4 heteroatoms. The van der Waals surface area contributed by atoms with Crippen molar-refractivity contribution >= 4 is 0 Å². The van der Waals surface area contributed by atoms with Crippen LogP contribution < -0.4 is 11.3 Å². The van der Waals surface area contributed by atoms with Gasteiger partial charge in [0.05, 0.1) is 0 Å². The summed E-state index contributed by atoms with van der Waals surface area (Å²) in [5.74, 6) is 5.22. The molecule has 0 aromatic carbocycles. The highest BCUT2D eigenvalue weighted by atomic mass is 16.4. The van der Waals surface area contributed by atoms with Gasteiger partial charge in [-0.2, -0.15) is 0 Å². The van der Waals surface area contributed by atoms with E-state index in [2.05, 4.69) is 22.1 Å². The number of nitrogens with two attached hydrogens (primary N) is 1. The van der Waals surface area contributed by atoms with Gasteiger partial charge in [0.1, 0.15) is 0 Å². The Morgan fingerprint density at radius 2 is 2.09 bits per heavy atom. The van der Waals surface area contributed by atoms with Crippen LogP contribution in [0.1, 0.15) is 6.42 Å². The molecule has 68 valence electrons. The molecule has 0 aliphatic carbocycles. The zero-order chi connectivity index (χ0) is 8.69. The molecule has 1 fully saturated rings. The highest BCUT2D eigenvalue weighted by Gasteiger charge is 2.16. The molecule has 0 radical (unpaired) electrons. The van der Waals surface area contributed by atoms with Gasteiger partial charge in [0.2, 0.25) is 0 Å². The maximum absolute atomic E-state index is 5.22. The first-order chi connectivity index (χ1) is 5.24. The lowest BCUT2D eigenvalue weighted by molar-refractivity contribution is 0.277. The van der Waals surface area contributed by atoms with Crippen LogP contribution >= 0.6 is 0 Å². The highest BCUT2D eigenvalue weighted by molar-refractivity contribution is 4.75. The van der Waals surface area contributed by atoms with Gasteiger partial charge in [-0.3, -0.25) is 11.3 Å². The van der Waals surface area contributed by atoms with Gasteiger partial charge >= 0.3 is 0 Å². The topological polar surface area (TPSA) is 50.5 Å². The van der Waals surface area contributed by atoms with Gasteiger partial charge in [-0.15, -0.1) is 0 Å². The molecule has 0 bridgehead atoms. The van der Waals surface area contributed by atoms with Crippen molar-refractivity contribution in [2.75, 3.05) is 34.4 Å². The predicted octanol–water partition coefficient (Wildman–Crippen LogP) is -0.584. The summed E-state index contributed by atoms with van der Waals surface area (Å²) >= 11 is 0. The van der Waals surface area contributed by atoms with E-state index in [-0.39, 0.29) is 0 Å². The Balaban J connectivity index is 0.000000292. The second-order valence-electron chi connectivity index (χ2n) is 2.82. The molecule has 0 aromatic heterocycles. The van der Waals surface area contributed by atoms with Gasteiger partial charge in [-0.1, -0.05) is 0 Å². The van der Waals surface area contributed by atoms with Crippen molar-refractivity contribution in [3.8, 4) is 0 Å². The van der Waals surface area contributed by atoms with Crippen LogP contribution in [0, 0.1) is 0 Å². The van der Waals surface area contributed by atoms with Gasteiger partial charge < -0.3 is 9.64 Å². The number of hydrazine groups is 1. The number of ether oxygens (including phenoxy) is 1. The van der Waals surface area contributed by atoms with E-state index in [9.17, 15) is 0 Å². The fraction of sp³-hybridized carbons (Fsp3) is 1.00. The Kier molecular flexibility index (Phi) is 6.45. The first-order valence-corrected chi connectivity index (χ1v) is 3.79. The first kappa shape index (κ1) is 10.8. The molecule has 1 aliphatic heterocycles. The van der Waals surface area contributed by atoms with E-state index in [1.807, 2.05) is 0 Å². The number of likely N-dealkylation sites (tertiary alicyclic amines) is 1. The van der Waals surface area contributed by atoms with Crippen molar-refractivity contribution in [3.05, 3.63) is 0 Å². The standard InChI is InChI=1S/C5H13N3.C2H6O/c1-8-3-2-5(4-8)7-6;1-3-2/h5,7H,2-4,6H2,1H3;1-2H3/t5-;/m1./s1. The van der Waals surface area contributed by atoms with Crippen LogP contribution in [0.5, 0.6) is 0 Å². The summed E-state index contributed by atoms with van der Waals surface area (Å²) in [5, 5.41) is 0. The van der Waals surface area contributed by atoms with E-state index in [0.717, 1.165) is 6.54 Å². The van der Waals surface area contributed by atoms with E-state index in [1.165, 1.54) is 13.0 Å². The lowest BCUT2D eigenvalue weighted by Gasteiger charge is -2.07. The fourth-order valence-electron chi connectivity index (χ4n) is 1.07. The maximum Gasteiger partial charge on any atom is 0.0351 e. The van der Waals surface area contributed by atoms with Crippen molar-refractivity contribution in [3.63, 3.8) is 0 Å². The summed E-state index contributed by atoms with van der Waals surface area (Å²) < 4.78 is 4.25. The van der Waals surface area contributed by atoms with Gasteiger partial charge in [0.15, 0.2) is 0 Å². The van der Waals surface area contributed by atoms with Crippen LogP contribution in [-0.4, -0.2) is 45.3 Å². The van der Waals surface area contributed by atoms with Crippen LogP contribution in [0.2, 0.25) is 0 Å². The monoisotopic (exact) mass is 161 g/mol. The van der Waals surface area contributed by atoms with E-state index < -0.39 is 0 Å². The molecule has 0 amide bonds. The van der Waals surface area contributed by atoms with Crippen LogP contribution in [0.3, 0.4) is 0 Å². The average molecular weight is 161 g/mol. The van der Waals surface area contributed by atoms with Crippen molar-refractivity contribution in [2.45, 2.75) is 12.5 Å². The number of likely N-dealkylation sites (N-methyl/N-ethyl adjacent to an activating group) is 1. The molecular weight excluding hydrogens is 142 g/mol. The maximum atomic E-state index is 5.22. The molecule has 0 spiro atoms. The van der Waals surface area contributed by atoms with E-state index >= 15 is 0 Å². The molecule has 0 unspecified atom stereocenters. The van der Waals surface area contributed by atoms with Crippen molar-refractivity contribution in [1.29, 1.82) is 0 Å². The number of rotatable bonds is 1. The lowest BCUT2D eigenvalue weighted by atomic mass is 10.3. The number of nitrogens with one attached hydrogen (secondary N) is 1. The number of nitrogens with zero attached hydrogens (tertiary/aromatic N) is 1. The second-order valence-corrected chi connectivity index (χ2v) is 2.82. The summed E-state index contributed by atoms with van der Waals surface area (Å²) in [4.78, 5) is 2.27. The minimum absolute atomic E-state index is 0.528. The average Bonchev–Trinajstić information content (AvgIpc) is 2.37. The molecule has 1 aliphatic rings. The van der Waals surface area contributed by atoms with Gasteiger partial charge in [0.25, 0.3) is 0 Å². The minimum Gasteiger partial charge on any atom is -0.388 e. The molecule has 0 aromatic rings. The second kappa shape index (κ2) is 6.54. The highest BCUT2D eigenvalue weighted by Crippen LogP contribution is 2.03. The largest absolute Gasteiger partial charge is 0.388 e. The van der Waals surface area contributed by atoms with Gasteiger partial charge in [-0.05, 0) is 20.0 Å². The van der Waals surface area contributed by atoms with Crippen LogP contribution in [-0.2, 0) is 4.74 Å². The molecule has 3 N–H and O–H groups in total. The third-order valence-corrected chi connectivity index (χ3v) is 1.63. The summed E-state index contributed by atoms with van der Waals surface area (Å²) in [7, 11) is 5.36. The summed E-state index contributed by atoms with van der Waals surface area (Å²) in [6, 6.07) is 0.528. The first-order valence-electron chi connectivity index (χ1n) is 3.79. The van der Waals surface area contributed by atoms with Crippen molar-refractivity contribution in [1.82, 2.24) is 10.3 Å². The summed E-state index contributed by atoms with van der Waals surface area (Å²) in [6.07, 6.45) is 1.19. The smallest absolute Gasteiger partial charge is 0.0351 e. The minimum atomic E-state index is 0.528.